The molecule has 0 radical (unpaired) electrons. The molecule has 0 unspecified atom stereocenters. The molecule has 10 heteroatoms. The van der Waals surface area contributed by atoms with Crippen LogP contribution in [0.2, 0.25) is 0 Å². The maximum Gasteiger partial charge on any atom is 0.294 e. The molecule has 0 N–H and O–H groups in total. The second-order valence-corrected chi connectivity index (χ2v) is 13.1. The van der Waals surface area contributed by atoms with Crippen LogP contribution in [-0.4, -0.2) is 32.7 Å². The minimum atomic E-state index is -0.348. The first-order chi connectivity index (χ1) is 23.0. The van der Waals surface area contributed by atoms with E-state index in [0.717, 1.165) is 45.5 Å². The lowest BCUT2D eigenvalue weighted by molar-refractivity contribution is -0.132. The van der Waals surface area contributed by atoms with Gasteiger partial charge in [0, 0.05) is 23.6 Å². The molecule has 1 amide bonds. The van der Waals surface area contributed by atoms with Crippen molar-refractivity contribution in [3.05, 3.63) is 145 Å². The number of aromatic nitrogens is 1. The van der Waals surface area contributed by atoms with E-state index >= 15 is 0 Å². The largest absolute Gasteiger partial charge is 0.446 e. The van der Waals surface area contributed by atoms with Gasteiger partial charge in [0.05, 0.1) is 4.53 Å². The van der Waals surface area contributed by atoms with Crippen molar-refractivity contribution < 1.29 is 14.3 Å². The van der Waals surface area contributed by atoms with Crippen molar-refractivity contribution in [3.8, 4) is 0 Å². The predicted octanol–water partition coefficient (Wildman–Crippen LogP) is 6.50. The summed E-state index contributed by atoms with van der Waals surface area (Å²) in [6.07, 6.45) is 5.87. The minimum absolute atomic E-state index is 0.259. The molecule has 0 aliphatic carbocycles. The fraction of sp³-hybridized carbons (Fsp3) is 0.0811. The quantitative estimate of drug-likeness (QED) is 0.0952. The second kappa shape index (κ2) is 14.6. The Morgan fingerprint density at radius 3 is 1.83 bits per heavy atom. The number of ether oxygens (including phenoxy) is 1. The predicted molar refractivity (Wildman–Crippen MR) is 196 cm³/mol. The van der Waals surface area contributed by atoms with E-state index in [2.05, 4.69) is 59.5 Å². The van der Waals surface area contributed by atoms with Crippen molar-refractivity contribution in [2.75, 3.05) is 11.4 Å². The van der Waals surface area contributed by atoms with E-state index in [0.29, 0.717) is 25.0 Å². The van der Waals surface area contributed by atoms with E-state index in [1.54, 1.807) is 6.08 Å². The van der Waals surface area contributed by atoms with Crippen LogP contribution in [0.15, 0.2) is 114 Å². The van der Waals surface area contributed by atoms with Gasteiger partial charge in [-0.2, -0.15) is 0 Å². The zero-order valence-corrected chi connectivity index (χ0v) is 27.8. The molecule has 1 saturated heterocycles. The van der Waals surface area contributed by atoms with E-state index in [1.807, 2.05) is 73.7 Å². The van der Waals surface area contributed by atoms with Crippen LogP contribution in [0.4, 0.5) is 17.1 Å². The van der Waals surface area contributed by atoms with E-state index < -0.39 is 0 Å². The Hall–Kier alpha value is -5.03. The summed E-state index contributed by atoms with van der Waals surface area (Å²) in [5.41, 5.74) is 5.77. The first kappa shape index (κ1) is 31.9. The molecule has 0 atom stereocenters. The number of carbonyl (C=O) groups is 2. The van der Waals surface area contributed by atoms with E-state index in [-0.39, 0.29) is 24.7 Å². The number of hydrogen-bond donors (Lipinski definition) is 0. The summed E-state index contributed by atoms with van der Waals surface area (Å²) in [5, 5.41) is 0. The van der Waals surface area contributed by atoms with Gasteiger partial charge in [-0.1, -0.05) is 109 Å². The van der Waals surface area contributed by atoms with Crippen LogP contribution in [0, 0.1) is 0 Å². The normalized spacial score (nSPS) is 14.7. The van der Waals surface area contributed by atoms with Gasteiger partial charge >= 0.3 is 0 Å². The Morgan fingerprint density at radius 1 is 0.766 bits per heavy atom. The summed E-state index contributed by atoms with van der Waals surface area (Å²) in [6, 6.07) is 36.8. The smallest absolute Gasteiger partial charge is 0.294 e. The van der Waals surface area contributed by atoms with Crippen LogP contribution in [0.5, 0.6) is 0 Å². The van der Waals surface area contributed by atoms with Gasteiger partial charge in [0.25, 0.3) is 17.9 Å². The van der Waals surface area contributed by atoms with Crippen molar-refractivity contribution in [3.63, 3.8) is 0 Å². The third-order valence-electron chi connectivity index (χ3n) is 7.42. The Bertz CT molecular complexity index is 2080. The van der Waals surface area contributed by atoms with Crippen molar-refractivity contribution in [2.45, 2.75) is 13.7 Å². The fourth-order valence-electron chi connectivity index (χ4n) is 5.09. The number of amides is 1. The summed E-state index contributed by atoms with van der Waals surface area (Å²) < 4.78 is 7.47. The number of thiocarbonyl (C=S) groups is 1. The van der Waals surface area contributed by atoms with Gasteiger partial charge in [0.2, 0.25) is 0 Å². The number of para-hydroxylation sites is 2. The highest BCUT2D eigenvalue weighted by molar-refractivity contribution is 8.30. The number of benzene rings is 4. The molecule has 1 aromatic heterocycles. The number of thioether (sulfide) groups is 1. The first-order valence-electron chi connectivity index (χ1n) is 14.8. The zero-order chi connectivity index (χ0) is 32.8. The van der Waals surface area contributed by atoms with E-state index in [4.69, 9.17) is 17.0 Å². The Labute approximate surface area is 285 Å². The molecule has 0 saturated carbocycles. The molecule has 47 heavy (non-hydrogen) atoms. The van der Waals surface area contributed by atoms with Crippen LogP contribution in [0.25, 0.3) is 23.1 Å². The van der Waals surface area contributed by atoms with Crippen molar-refractivity contribution in [1.29, 1.82) is 0 Å². The lowest BCUT2D eigenvalue weighted by Gasteiger charge is -2.25. The molecule has 2 heterocycles. The fourth-order valence-corrected chi connectivity index (χ4v) is 7.72. The molecule has 4 aromatic carbocycles. The maximum atomic E-state index is 13.3. The lowest BCUT2D eigenvalue weighted by Crippen LogP contribution is -2.34. The van der Waals surface area contributed by atoms with Crippen LogP contribution < -0.4 is 19.7 Å². The van der Waals surface area contributed by atoms with Gasteiger partial charge in [-0.15, -0.1) is 11.3 Å². The highest BCUT2D eigenvalue weighted by Gasteiger charge is 2.33. The van der Waals surface area contributed by atoms with Gasteiger partial charge in [-0.25, -0.2) is 0 Å². The number of nitrogens with zero attached hydrogens (tertiary/aromatic N) is 3. The first-order valence-corrected chi connectivity index (χ1v) is 16.8. The minimum Gasteiger partial charge on any atom is -0.446 e. The summed E-state index contributed by atoms with van der Waals surface area (Å²) >= 11 is 7.67. The summed E-state index contributed by atoms with van der Waals surface area (Å²) in [6.45, 7) is 2.25. The molecule has 1 aliphatic rings. The molecule has 1 aliphatic heterocycles. The number of anilines is 3. The van der Waals surface area contributed by atoms with Crippen molar-refractivity contribution in [1.82, 2.24) is 9.47 Å². The molecule has 0 bridgehead atoms. The van der Waals surface area contributed by atoms with Gasteiger partial charge < -0.3 is 9.64 Å². The van der Waals surface area contributed by atoms with E-state index in [1.165, 1.54) is 20.8 Å². The van der Waals surface area contributed by atoms with Crippen LogP contribution in [0.3, 0.4) is 0 Å². The maximum absolute atomic E-state index is 13.3. The van der Waals surface area contributed by atoms with Crippen LogP contribution in [-0.2, 0) is 21.1 Å². The highest BCUT2D eigenvalue weighted by atomic mass is 32.2. The van der Waals surface area contributed by atoms with E-state index in [9.17, 15) is 14.4 Å². The number of thiazole rings is 1. The second-order valence-electron chi connectivity index (χ2n) is 10.4. The summed E-state index contributed by atoms with van der Waals surface area (Å²) in [5.74, 6) is -0.259. The van der Waals surface area contributed by atoms with Gasteiger partial charge in [-0.05, 0) is 66.1 Å². The van der Waals surface area contributed by atoms with Gasteiger partial charge in [0.15, 0.2) is 6.73 Å². The average Bonchev–Trinajstić information content (AvgIpc) is 3.57. The van der Waals surface area contributed by atoms with Crippen LogP contribution >= 0.6 is 35.3 Å². The number of rotatable bonds is 10. The molecule has 234 valence electrons. The Kier molecular flexibility index (Phi) is 9.92. The average molecular weight is 676 g/mol. The Morgan fingerprint density at radius 2 is 1.30 bits per heavy atom. The van der Waals surface area contributed by atoms with Crippen molar-refractivity contribution >= 4 is 92.2 Å². The molecule has 6 rings (SSSR count). The lowest BCUT2D eigenvalue weighted by atomic mass is 10.1. The molecule has 0 spiro atoms. The molecular weight excluding hydrogens is 647 g/mol. The summed E-state index contributed by atoms with van der Waals surface area (Å²) in [4.78, 5) is 41.2. The monoisotopic (exact) mass is 675 g/mol. The van der Waals surface area contributed by atoms with Gasteiger partial charge in [-0.3, -0.25) is 23.9 Å². The molecule has 5 aromatic rings. The number of hydrogen-bond acceptors (Lipinski definition) is 8. The third kappa shape index (κ3) is 7.05. The SMILES string of the molecule is CCN1C(=O)C(=c2sc(=Cc3ccc(C=Cc4ccc(N(c5ccccc5)c5ccccc5)cc4)cc3)c(=O)n2COC=O)SC1=S. The Balaban J connectivity index is 1.23. The standard InChI is InChI=1S/C37H29N3O4S3/c1-2-38-35(43)33(47-37(38)45)36-39(24-44-25-41)34(42)32(46-36)23-28-17-15-26(16-18-28)13-14-27-19-21-31(22-20-27)40(29-9-5-3-6-10-29)30-11-7-4-8-12-30/h3-23,25H,2,24H2,1H3. The van der Waals surface area contributed by atoms with Crippen molar-refractivity contribution in [2.24, 2.45) is 0 Å². The van der Waals surface area contributed by atoms with Crippen LogP contribution in [0.1, 0.15) is 23.6 Å². The molecular formula is C37H29N3O4S3. The zero-order valence-electron chi connectivity index (χ0n) is 25.3. The summed E-state index contributed by atoms with van der Waals surface area (Å²) in [7, 11) is 0. The van der Waals surface area contributed by atoms with Gasteiger partial charge in [0.1, 0.15) is 13.9 Å². The number of carbonyl (C=O) groups excluding carboxylic acids is 2. The molecule has 7 nitrogen and oxygen atoms in total. The third-order valence-corrected chi connectivity index (χ3v) is 10.1. The highest BCUT2D eigenvalue weighted by Crippen LogP contribution is 2.34. The molecule has 1 fully saturated rings. The topological polar surface area (TPSA) is 71.8 Å².